The minimum absolute atomic E-state index is 0.302. The van der Waals surface area contributed by atoms with E-state index in [1.54, 1.807) is 6.07 Å². The molecule has 0 aliphatic heterocycles. The quantitative estimate of drug-likeness (QED) is 0.515. The van der Waals surface area contributed by atoms with Gasteiger partial charge >= 0.3 is 0 Å². The predicted octanol–water partition coefficient (Wildman–Crippen LogP) is 5.26. The van der Waals surface area contributed by atoms with Gasteiger partial charge in [-0.15, -0.1) is 0 Å². The smallest absolute Gasteiger partial charge is 0.123 e. The maximum atomic E-state index is 13.8. The fourth-order valence-corrected chi connectivity index (χ4v) is 3.23. The zero-order chi connectivity index (χ0) is 19.5. The van der Waals surface area contributed by atoms with Crippen LogP contribution in [0.25, 0.3) is 33.6 Å². The monoisotopic (exact) mass is 369 g/mol. The first-order chi connectivity index (χ1) is 13.7. The third-order valence-electron chi connectivity index (χ3n) is 4.73. The van der Waals surface area contributed by atoms with E-state index in [0.717, 1.165) is 33.5 Å². The van der Waals surface area contributed by atoms with Crippen molar-refractivity contribution >= 4 is 5.69 Å². The van der Waals surface area contributed by atoms with Crippen LogP contribution >= 0.6 is 0 Å². The predicted molar refractivity (Wildman–Crippen MR) is 113 cm³/mol. The van der Waals surface area contributed by atoms with Crippen molar-refractivity contribution in [1.82, 2.24) is 4.98 Å². The Bertz CT molecular complexity index is 1110. The highest BCUT2D eigenvalue weighted by Crippen LogP contribution is 2.37. The van der Waals surface area contributed by atoms with Crippen LogP contribution < -0.4 is 11.5 Å². The van der Waals surface area contributed by atoms with Gasteiger partial charge in [0.15, 0.2) is 0 Å². The zero-order valence-corrected chi connectivity index (χ0v) is 15.3. The van der Waals surface area contributed by atoms with Gasteiger partial charge in [0.1, 0.15) is 5.82 Å². The maximum absolute atomic E-state index is 13.8. The Morgan fingerprint density at radius 2 is 1.46 bits per heavy atom. The Balaban J connectivity index is 1.94. The molecule has 4 aromatic rings. The maximum Gasteiger partial charge on any atom is 0.123 e. The second-order valence-electron chi connectivity index (χ2n) is 6.59. The van der Waals surface area contributed by atoms with Gasteiger partial charge in [0.25, 0.3) is 0 Å². The summed E-state index contributed by atoms with van der Waals surface area (Å²) in [4.78, 5) is 4.83. The van der Waals surface area contributed by atoms with Crippen molar-refractivity contribution in [3.63, 3.8) is 0 Å². The molecule has 3 aromatic carbocycles. The summed E-state index contributed by atoms with van der Waals surface area (Å²) in [6.45, 7) is 0.485. The molecule has 0 amide bonds. The van der Waals surface area contributed by atoms with Gasteiger partial charge in [0.05, 0.1) is 17.1 Å². The summed E-state index contributed by atoms with van der Waals surface area (Å²) in [6.07, 6.45) is 0. The lowest BCUT2D eigenvalue weighted by Crippen LogP contribution is -2.00. The molecule has 0 saturated heterocycles. The fourth-order valence-electron chi connectivity index (χ4n) is 3.23. The van der Waals surface area contributed by atoms with Gasteiger partial charge in [0, 0.05) is 23.2 Å². The SMILES string of the molecule is NCc1ccc(-c2cc(-c3cccc(F)c3)c(N)c(-c3ccccc3)n2)cc1. The Kier molecular flexibility index (Phi) is 4.87. The van der Waals surface area contributed by atoms with Crippen LogP contribution in [0.1, 0.15) is 5.56 Å². The molecule has 0 aliphatic rings. The van der Waals surface area contributed by atoms with Crippen LogP contribution in [0, 0.1) is 5.82 Å². The lowest BCUT2D eigenvalue weighted by molar-refractivity contribution is 0.628. The van der Waals surface area contributed by atoms with Crippen LogP contribution in [0.5, 0.6) is 0 Å². The summed E-state index contributed by atoms with van der Waals surface area (Å²) >= 11 is 0. The lowest BCUT2D eigenvalue weighted by Gasteiger charge is -2.14. The van der Waals surface area contributed by atoms with Crippen molar-refractivity contribution < 1.29 is 4.39 Å². The van der Waals surface area contributed by atoms with Crippen LogP contribution in [0.3, 0.4) is 0 Å². The van der Waals surface area contributed by atoms with Crippen LogP contribution in [-0.4, -0.2) is 4.98 Å². The molecule has 3 nitrogen and oxygen atoms in total. The number of aromatic nitrogens is 1. The molecule has 1 aromatic heterocycles. The summed E-state index contributed by atoms with van der Waals surface area (Å²) in [5.41, 5.74) is 18.6. The first-order valence-corrected chi connectivity index (χ1v) is 9.07. The van der Waals surface area contributed by atoms with Gasteiger partial charge in [-0.05, 0) is 29.3 Å². The molecule has 28 heavy (non-hydrogen) atoms. The first kappa shape index (κ1) is 17.9. The number of halogens is 1. The molecule has 0 bridgehead atoms. The van der Waals surface area contributed by atoms with Crippen LogP contribution in [0.15, 0.2) is 84.9 Å². The Hall–Kier alpha value is -3.50. The highest BCUT2D eigenvalue weighted by atomic mass is 19.1. The van der Waals surface area contributed by atoms with E-state index >= 15 is 0 Å². The highest BCUT2D eigenvalue weighted by molar-refractivity contribution is 5.89. The van der Waals surface area contributed by atoms with Gasteiger partial charge in [-0.25, -0.2) is 9.37 Å². The molecule has 138 valence electrons. The first-order valence-electron chi connectivity index (χ1n) is 9.07. The van der Waals surface area contributed by atoms with Gasteiger partial charge in [-0.2, -0.15) is 0 Å². The van der Waals surface area contributed by atoms with E-state index in [1.807, 2.05) is 66.7 Å². The molecule has 0 aliphatic carbocycles. The number of rotatable bonds is 4. The molecule has 0 radical (unpaired) electrons. The summed E-state index contributed by atoms with van der Waals surface area (Å²) in [6, 6.07) is 26.1. The number of nitrogens with zero attached hydrogens (tertiary/aromatic N) is 1. The molecule has 1 heterocycles. The van der Waals surface area contributed by atoms with E-state index in [-0.39, 0.29) is 5.82 Å². The highest BCUT2D eigenvalue weighted by Gasteiger charge is 2.15. The van der Waals surface area contributed by atoms with E-state index in [9.17, 15) is 4.39 Å². The number of hydrogen-bond acceptors (Lipinski definition) is 3. The largest absolute Gasteiger partial charge is 0.396 e. The summed E-state index contributed by atoms with van der Waals surface area (Å²) in [5.74, 6) is -0.302. The average molecular weight is 369 g/mol. The van der Waals surface area contributed by atoms with E-state index in [1.165, 1.54) is 12.1 Å². The normalized spacial score (nSPS) is 10.8. The lowest BCUT2D eigenvalue weighted by atomic mass is 9.97. The summed E-state index contributed by atoms with van der Waals surface area (Å²) in [5, 5.41) is 0. The second-order valence-corrected chi connectivity index (χ2v) is 6.59. The number of benzene rings is 3. The van der Waals surface area contributed by atoms with Crippen molar-refractivity contribution in [2.24, 2.45) is 5.73 Å². The summed E-state index contributed by atoms with van der Waals surface area (Å²) < 4.78 is 13.8. The topological polar surface area (TPSA) is 64.9 Å². The molecule has 0 unspecified atom stereocenters. The molecule has 4 rings (SSSR count). The van der Waals surface area contributed by atoms with Crippen molar-refractivity contribution in [3.8, 4) is 33.6 Å². The number of hydrogen-bond donors (Lipinski definition) is 2. The minimum atomic E-state index is -0.302. The van der Waals surface area contributed by atoms with E-state index < -0.39 is 0 Å². The van der Waals surface area contributed by atoms with Crippen LogP contribution in [0.4, 0.5) is 10.1 Å². The molecular weight excluding hydrogens is 349 g/mol. The van der Waals surface area contributed by atoms with Gasteiger partial charge in [-0.3, -0.25) is 0 Å². The third kappa shape index (κ3) is 3.50. The zero-order valence-electron chi connectivity index (χ0n) is 15.3. The van der Waals surface area contributed by atoms with Crippen molar-refractivity contribution in [1.29, 1.82) is 0 Å². The third-order valence-corrected chi connectivity index (χ3v) is 4.73. The Morgan fingerprint density at radius 1 is 0.750 bits per heavy atom. The van der Waals surface area contributed by atoms with E-state index in [0.29, 0.717) is 17.9 Å². The van der Waals surface area contributed by atoms with Gasteiger partial charge in [-0.1, -0.05) is 66.7 Å². The van der Waals surface area contributed by atoms with Crippen molar-refractivity contribution in [3.05, 3.63) is 96.3 Å². The minimum Gasteiger partial charge on any atom is -0.396 e. The molecule has 4 heteroatoms. The molecule has 0 saturated carbocycles. The number of nitrogens with two attached hydrogens (primary N) is 2. The van der Waals surface area contributed by atoms with E-state index in [2.05, 4.69) is 0 Å². The van der Waals surface area contributed by atoms with E-state index in [4.69, 9.17) is 16.5 Å². The van der Waals surface area contributed by atoms with Gasteiger partial charge in [0.2, 0.25) is 0 Å². The van der Waals surface area contributed by atoms with Gasteiger partial charge < -0.3 is 11.5 Å². The fraction of sp³-hybridized carbons (Fsp3) is 0.0417. The van der Waals surface area contributed by atoms with Crippen molar-refractivity contribution in [2.45, 2.75) is 6.54 Å². The van der Waals surface area contributed by atoms with Crippen LogP contribution in [0.2, 0.25) is 0 Å². The van der Waals surface area contributed by atoms with Crippen molar-refractivity contribution in [2.75, 3.05) is 5.73 Å². The Labute approximate surface area is 163 Å². The molecule has 0 fully saturated rings. The number of nitrogen functional groups attached to an aromatic ring is 1. The summed E-state index contributed by atoms with van der Waals surface area (Å²) in [7, 11) is 0. The second kappa shape index (κ2) is 7.62. The average Bonchev–Trinajstić information content (AvgIpc) is 2.74. The van der Waals surface area contributed by atoms with Crippen LogP contribution in [-0.2, 0) is 6.54 Å². The standard InChI is InChI=1S/C24H20FN3/c25-20-8-4-7-19(13-20)21-14-22(17-11-9-16(15-26)10-12-17)28-24(23(21)27)18-5-2-1-3-6-18/h1-14H,15,26-27H2. The number of pyridine rings is 1. The molecule has 4 N–H and O–H groups in total. The Morgan fingerprint density at radius 3 is 2.14 bits per heavy atom. The molecular formula is C24H20FN3. The number of anilines is 1. The molecule has 0 atom stereocenters. The molecule has 0 spiro atoms.